The van der Waals surface area contributed by atoms with Gasteiger partial charge < -0.3 is 5.73 Å². The highest BCUT2D eigenvalue weighted by molar-refractivity contribution is 7.15. The third-order valence-corrected chi connectivity index (χ3v) is 4.10. The summed E-state index contributed by atoms with van der Waals surface area (Å²) in [5.41, 5.74) is 9.26. The molecule has 7 heteroatoms. The molecule has 0 amide bonds. The first kappa shape index (κ1) is 12.8. The number of benzene rings is 1. The molecular weight excluding hydrogens is 276 g/mol. The molecule has 0 saturated heterocycles. The second-order valence-electron chi connectivity index (χ2n) is 4.41. The zero-order valence-electron chi connectivity index (χ0n) is 10.7. The number of nitro benzene ring substituents is 1. The van der Waals surface area contributed by atoms with Crippen LogP contribution in [-0.2, 0) is 6.54 Å². The van der Waals surface area contributed by atoms with Crippen LogP contribution in [0.1, 0.15) is 11.4 Å². The first-order valence-electron chi connectivity index (χ1n) is 6.02. The van der Waals surface area contributed by atoms with Crippen LogP contribution in [0.3, 0.4) is 0 Å². The Labute approximate surface area is 118 Å². The quantitative estimate of drug-likeness (QED) is 0.593. The van der Waals surface area contributed by atoms with Crippen molar-refractivity contribution in [2.75, 3.05) is 0 Å². The van der Waals surface area contributed by atoms with E-state index < -0.39 is 4.92 Å². The molecule has 0 aliphatic heterocycles. The Kier molecular flexibility index (Phi) is 3.00. The van der Waals surface area contributed by atoms with E-state index >= 15 is 0 Å². The molecule has 0 radical (unpaired) electrons. The Balaban J connectivity index is 2.23. The van der Waals surface area contributed by atoms with Crippen LogP contribution in [0, 0.1) is 17.0 Å². The molecule has 102 valence electrons. The summed E-state index contributed by atoms with van der Waals surface area (Å²) in [6.45, 7) is 2.32. The van der Waals surface area contributed by atoms with Crippen LogP contribution in [0.4, 0.5) is 5.69 Å². The molecule has 2 N–H and O–H groups in total. The summed E-state index contributed by atoms with van der Waals surface area (Å²) in [6.07, 6.45) is 0. The minimum Gasteiger partial charge on any atom is -0.325 e. The largest absolute Gasteiger partial charge is 0.325 e. The minimum atomic E-state index is -0.407. The van der Waals surface area contributed by atoms with Crippen molar-refractivity contribution in [2.45, 2.75) is 13.5 Å². The summed E-state index contributed by atoms with van der Waals surface area (Å²) in [5.74, 6) is 0. The second-order valence-corrected chi connectivity index (χ2v) is 5.25. The van der Waals surface area contributed by atoms with Crippen molar-refractivity contribution in [1.29, 1.82) is 0 Å². The number of fused-ring (bicyclic) bond motifs is 1. The summed E-state index contributed by atoms with van der Waals surface area (Å²) in [7, 11) is 0. The van der Waals surface area contributed by atoms with Gasteiger partial charge in [-0.1, -0.05) is 12.1 Å². The lowest BCUT2D eigenvalue weighted by molar-refractivity contribution is -0.384. The lowest BCUT2D eigenvalue weighted by Gasteiger charge is -2.02. The van der Waals surface area contributed by atoms with Crippen LogP contribution < -0.4 is 5.73 Å². The van der Waals surface area contributed by atoms with Crippen molar-refractivity contribution in [3.63, 3.8) is 0 Å². The fraction of sp³-hybridized carbons (Fsp3) is 0.154. The molecule has 0 fully saturated rings. The predicted octanol–water partition coefficient (Wildman–Crippen LogP) is 2.74. The average molecular weight is 288 g/mol. The second kappa shape index (κ2) is 4.69. The Morgan fingerprint density at radius 1 is 1.50 bits per heavy atom. The van der Waals surface area contributed by atoms with Gasteiger partial charge in [-0.15, -0.1) is 11.3 Å². The van der Waals surface area contributed by atoms with Crippen LogP contribution in [0.2, 0.25) is 0 Å². The monoisotopic (exact) mass is 288 g/mol. The number of aromatic nitrogens is 2. The average Bonchev–Trinajstić information content (AvgIpc) is 2.99. The van der Waals surface area contributed by atoms with Crippen molar-refractivity contribution >= 4 is 22.0 Å². The zero-order valence-corrected chi connectivity index (χ0v) is 11.6. The molecule has 0 saturated carbocycles. The van der Waals surface area contributed by atoms with E-state index in [0.717, 1.165) is 21.9 Å². The molecule has 3 aromatic rings. The molecule has 3 rings (SSSR count). The number of imidazole rings is 1. The highest BCUT2D eigenvalue weighted by atomic mass is 32.1. The summed E-state index contributed by atoms with van der Waals surface area (Å²) < 4.78 is 2.00. The van der Waals surface area contributed by atoms with Gasteiger partial charge in [-0.3, -0.25) is 14.5 Å². The van der Waals surface area contributed by atoms with E-state index in [1.54, 1.807) is 6.07 Å². The van der Waals surface area contributed by atoms with E-state index in [1.807, 2.05) is 22.8 Å². The van der Waals surface area contributed by atoms with Crippen molar-refractivity contribution in [2.24, 2.45) is 5.73 Å². The Hall–Kier alpha value is -2.25. The van der Waals surface area contributed by atoms with Gasteiger partial charge in [0.1, 0.15) is 0 Å². The number of hydrogen-bond donors (Lipinski definition) is 1. The number of nitrogens with zero attached hydrogens (tertiary/aromatic N) is 3. The third kappa shape index (κ3) is 1.87. The van der Waals surface area contributed by atoms with Crippen LogP contribution in [0.5, 0.6) is 0 Å². The van der Waals surface area contributed by atoms with Crippen LogP contribution in [-0.4, -0.2) is 14.3 Å². The zero-order chi connectivity index (χ0) is 14.3. The Bertz CT molecular complexity index is 806. The summed E-state index contributed by atoms with van der Waals surface area (Å²) in [5, 5.41) is 12.9. The van der Waals surface area contributed by atoms with Crippen LogP contribution in [0.15, 0.2) is 29.6 Å². The van der Waals surface area contributed by atoms with Gasteiger partial charge in [-0.25, -0.2) is 4.98 Å². The molecule has 6 nitrogen and oxygen atoms in total. The molecule has 0 aliphatic rings. The first-order chi connectivity index (χ1) is 9.61. The first-order valence-corrected chi connectivity index (χ1v) is 6.90. The van der Waals surface area contributed by atoms with Crippen LogP contribution >= 0.6 is 11.3 Å². The van der Waals surface area contributed by atoms with E-state index in [2.05, 4.69) is 4.98 Å². The molecule has 0 bridgehead atoms. The van der Waals surface area contributed by atoms with Gasteiger partial charge in [-0.05, 0) is 6.92 Å². The molecule has 2 aromatic heterocycles. The van der Waals surface area contributed by atoms with Gasteiger partial charge >= 0.3 is 0 Å². The van der Waals surface area contributed by atoms with E-state index in [-0.39, 0.29) is 5.69 Å². The van der Waals surface area contributed by atoms with E-state index in [1.165, 1.54) is 23.5 Å². The number of nitrogens with two attached hydrogens (primary N) is 1. The molecule has 0 unspecified atom stereocenters. The van der Waals surface area contributed by atoms with Gasteiger partial charge in [0, 0.05) is 35.3 Å². The van der Waals surface area contributed by atoms with E-state index in [0.29, 0.717) is 12.2 Å². The number of thiazole rings is 1. The maximum absolute atomic E-state index is 10.9. The van der Waals surface area contributed by atoms with Crippen LogP contribution in [0.25, 0.3) is 16.2 Å². The van der Waals surface area contributed by atoms with Gasteiger partial charge in [0.25, 0.3) is 5.69 Å². The van der Waals surface area contributed by atoms with Crippen molar-refractivity contribution in [1.82, 2.24) is 9.38 Å². The van der Waals surface area contributed by atoms with Crippen molar-refractivity contribution in [3.8, 4) is 11.3 Å². The number of non-ortho nitro benzene ring substituents is 1. The SMILES string of the molecule is Cc1csc2nc(-c3cccc([N+](=O)[O-])c3)c(CN)n12. The topological polar surface area (TPSA) is 86.5 Å². The van der Waals surface area contributed by atoms with Gasteiger partial charge in [0.2, 0.25) is 0 Å². The maximum atomic E-state index is 10.9. The fourth-order valence-corrected chi connectivity index (χ4v) is 3.14. The standard InChI is InChI=1S/C13H12N4O2S/c1-8-7-20-13-15-12(11(6-14)16(8)13)9-3-2-4-10(5-9)17(18)19/h2-5,7H,6,14H2,1H3. The molecule has 2 heterocycles. The number of aryl methyl sites for hydroxylation is 1. The van der Waals surface area contributed by atoms with Crippen molar-refractivity contribution < 1.29 is 4.92 Å². The number of nitro groups is 1. The van der Waals surface area contributed by atoms with E-state index in [9.17, 15) is 10.1 Å². The lowest BCUT2D eigenvalue weighted by Crippen LogP contribution is -2.03. The molecule has 0 atom stereocenters. The normalized spacial score (nSPS) is 11.1. The van der Waals surface area contributed by atoms with Crippen molar-refractivity contribution in [3.05, 3.63) is 51.1 Å². The van der Waals surface area contributed by atoms with E-state index in [4.69, 9.17) is 5.73 Å². The molecule has 1 aromatic carbocycles. The van der Waals surface area contributed by atoms with Gasteiger partial charge in [-0.2, -0.15) is 0 Å². The predicted molar refractivity (Wildman–Crippen MR) is 77.8 cm³/mol. The van der Waals surface area contributed by atoms with Gasteiger partial charge in [0.05, 0.1) is 16.3 Å². The molecular formula is C13H12N4O2S. The lowest BCUT2D eigenvalue weighted by atomic mass is 10.1. The van der Waals surface area contributed by atoms with Gasteiger partial charge in [0.15, 0.2) is 4.96 Å². The minimum absolute atomic E-state index is 0.0542. The number of rotatable bonds is 3. The highest BCUT2D eigenvalue weighted by Crippen LogP contribution is 2.29. The maximum Gasteiger partial charge on any atom is 0.270 e. The molecule has 0 aliphatic carbocycles. The Morgan fingerprint density at radius 2 is 2.30 bits per heavy atom. The highest BCUT2D eigenvalue weighted by Gasteiger charge is 2.17. The summed E-state index contributed by atoms with van der Waals surface area (Å²) >= 11 is 1.53. The number of hydrogen-bond acceptors (Lipinski definition) is 5. The molecule has 20 heavy (non-hydrogen) atoms. The third-order valence-electron chi connectivity index (χ3n) is 3.15. The fourth-order valence-electron chi connectivity index (χ4n) is 2.25. The molecule has 0 spiro atoms. The Morgan fingerprint density at radius 3 is 3.00 bits per heavy atom. The smallest absolute Gasteiger partial charge is 0.270 e. The summed E-state index contributed by atoms with van der Waals surface area (Å²) in [6, 6.07) is 6.47. The summed E-state index contributed by atoms with van der Waals surface area (Å²) in [4.78, 5) is 15.9.